The van der Waals surface area contributed by atoms with Crippen molar-refractivity contribution in [3.63, 3.8) is 0 Å². The summed E-state index contributed by atoms with van der Waals surface area (Å²) in [6.07, 6.45) is 0. The molecule has 2 heterocycles. The van der Waals surface area contributed by atoms with Crippen LogP contribution in [0.1, 0.15) is 23.2 Å². The molecule has 0 amide bonds. The van der Waals surface area contributed by atoms with E-state index in [-0.39, 0.29) is 24.6 Å². The van der Waals surface area contributed by atoms with Crippen LogP contribution < -0.4 is 0 Å². The van der Waals surface area contributed by atoms with Crippen molar-refractivity contribution in [1.29, 1.82) is 0 Å². The monoisotopic (exact) mass is 468 g/mol. The summed E-state index contributed by atoms with van der Waals surface area (Å²) >= 11 is 0. The maximum atomic E-state index is 14.5. The molecule has 34 heavy (non-hydrogen) atoms. The lowest BCUT2D eigenvalue weighted by atomic mass is 9.54. The number of hydrogen-bond donors (Lipinski definition) is 2. The molecule has 180 valence electrons. The van der Waals surface area contributed by atoms with Crippen LogP contribution in [0, 0.1) is 10.8 Å². The second kappa shape index (κ2) is 8.41. The fourth-order valence-corrected chi connectivity index (χ4v) is 5.97. The van der Waals surface area contributed by atoms with Crippen molar-refractivity contribution < 1.29 is 34.1 Å². The van der Waals surface area contributed by atoms with Gasteiger partial charge in [0.15, 0.2) is 16.6 Å². The molecule has 4 rings (SSSR count). The summed E-state index contributed by atoms with van der Waals surface area (Å²) in [5, 5.41) is 19.7. The Morgan fingerprint density at radius 2 is 1.15 bits per heavy atom. The van der Waals surface area contributed by atoms with Gasteiger partial charge >= 0.3 is 11.9 Å². The number of phenolic OH excluding ortho intramolecular Hbond substituents is 2. The van der Waals surface area contributed by atoms with E-state index in [2.05, 4.69) is 0 Å². The van der Waals surface area contributed by atoms with Gasteiger partial charge < -0.3 is 24.6 Å². The number of Topliss-reactive ketones (excluding diaryl/α,β-unsaturated/α-hetero) is 1. The lowest BCUT2D eigenvalue weighted by molar-refractivity contribution is -0.202. The van der Waals surface area contributed by atoms with Crippen molar-refractivity contribution in [3.8, 4) is 11.5 Å². The molecule has 2 bridgehead atoms. The third-order valence-electron chi connectivity index (χ3n) is 7.11. The Balaban J connectivity index is 2.06. The number of esters is 2. The van der Waals surface area contributed by atoms with Crippen molar-refractivity contribution in [2.24, 2.45) is 10.8 Å². The molecule has 2 fully saturated rings. The number of hydrogen-bond acceptors (Lipinski definition) is 9. The van der Waals surface area contributed by atoms with E-state index >= 15 is 0 Å². The van der Waals surface area contributed by atoms with E-state index in [9.17, 15) is 24.6 Å². The molecule has 0 aromatic heterocycles. The Morgan fingerprint density at radius 1 is 0.794 bits per heavy atom. The average Bonchev–Trinajstić information content (AvgIpc) is 2.82. The molecule has 9 heteroatoms. The number of rotatable bonds is 4. The van der Waals surface area contributed by atoms with Crippen LogP contribution in [-0.4, -0.2) is 79.1 Å². The molecule has 0 aliphatic carbocycles. The molecule has 0 spiro atoms. The van der Waals surface area contributed by atoms with Gasteiger partial charge in [-0.2, -0.15) is 0 Å². The van der Waals surface area contributed by atoms with Crippen molar-refractivity contribution >= 4 is 17.7 Å². The standard InChI is InChI=1S/C25H28N2O7/c1-26-13-24(22(31)33-3)19(15-5-9-17(28)10-6-15)27(2)20(16-7-11-18(29)12-8-16)25(14-26,21(24)30)23(32)34-4/h5-12,19-20,28-29H,13-14H2,1-4H3. The topological polar surface area (TPSA) is 117 Å². The quantitative estimate of drug-likeness (QED) is 0.510. The van der Waals surface area contributed by atoms with Gasteiger partial charge in [0.2, 0.25) is 0 Å². The van der Waals surface area contributed by atoms with Crippen LogP contribution in [0.15, 0.2) is 48.5 Å². The number of piperidine rings is 2. The first-order valence-corrected chi connectivity index (χ1v) is 10.8. The predicted octanol–water partition coefficient (Wildman–Crippen LogP) is 1.66. The molecule has 2 saturated heterocycles. The van der Waals surface area contributed by atoms with Crippen LogP contribution in [0.4, 0.5) is 0 Å². The summed E-state index contributed by atoms with van der Waals surface area (Å²) in [6.45, 7) is 0.0743. The van der Waals surface area contributed by atoms with Gasteiger partial charge in [-0.05, 0) is 49.5 Å². The number of aromatic hydroxyl groups is 2. The number of methoxy groups -OCH3 is 2. The molecule has 4 unspecified atom stereocenters. The van der Waals surface area contributed by atoms with Gasteiger partial charge in [-0.25, -0.2) is 0 Å². The van der Waals surface area contributed by atoms with E-state index in [0.29, 0.717) is 11.1 Å². The van der Waals surface area contributed by atoms with E-state index < -0.39 is 40.6 Å². The van der Waals surface area contributed by atoms with Crippen LogP contribution in [0.5, 0.6) is 11.5 Å². The maximum Gasteiger partial charge on any atom is 0.322 e. The lowest BCUT2D eigenvalue weighted by Gasteiger charge is -2.60. The number of likely N-dealkylation sites (tertiary alicyclic amines) is 2. The van der Waals surface area contributed by atoms with Gasteiger partial charge in [0, 0.05) is 13.1 Å². The fraction of sp³-hybridized carbons (Fsp3) is 0.400. The molecule has 0 saturated carbocycles. The van der Waals surface area contributed by atoms with Gasteiger partial charge in [-0.1, -0.05) is 24.3 Å². The van der Waals surface area contributed by atoms with Crippen LogP contribution in [0.2, 0.25) is 0 Å². The number of carbonyl (C=O) groups is 3. The van der Waals surface area contributed by atoms with E-state index in [1.54, 1.807) is 43.3 Å². The smallest absolute Gasteiger partial charge is 0.322 e. The minimum atomic E-state index is -1.73. The summed E-state index contributed by atoms with van der Waals surface area (Å²) in [6, 6.07) is 11.0. The summed E-state index contributed by atoms with van der Waals surface area (Å²) in [5.41, 5.74) is -2.24. The highest BCUT2D eigenvalue weighted by molar-refractivity contribution is 6.17. The van der Waals surface area contributed by atoms with Crippen molar-refractivity contribution in [2.75, 3.05) is 41.4 Å². The molecular formula is C25H28N2O7. The van der Waals surface area contributed by atoms with Gasteiger partial charge in [0.25, 0.3) is 0 Å². The third-order valence-corrected chi connectivity index (χ3v) is 7.11. The highest BCUT2D eigenvalue weighted by Crippen LogP contribution is 2.60. The molecule has 2 aliphatic heterocycles. The van der Waals surface area contributed by atoms with Gasteiger partial charge in [-0.3, -0.25) is 19.3 Å². The summed E-state index contributed by atoms with van der Waals surface area (Å²) < 4.78 is 10.4. The zero-order chi connectivity index (χ0) is 24.8. The number of fused-ring (bicyclic) bond motifs is 2. The second-order valence-corrected chi connectivity index (χ2v) is 9.08. The second-order valence-electron chi connectivity index (χ2n) is 9.08. The Hall–Kier alpha value is -3.43. The highest BCUT2D eigenvalue weighted by atomic mass is 16.5. The first kappa shape index (κ1) is 23.7. The van der Waals surface area contributed by atoms with E-state index in [0.717, 1.165) is 0 Å². The number of phenols is 2. The number of benzene rings is 2. The molecule has 2 aromatic carbocycles. The average molecular weight is 469 g/mol. The molecule has 2 aliphatic rings. The zero-order valence-corrected chi connectivity index (χ0v) is 19.5. The Kier molecular flexibility index (Phi) is 5.87. The zero-order valence-electron chi connectivity index (χ0n) is 19.5. The molecule has 4 atom stereocenters. The molecule has 2 N–H and O–H groups in total. The maximum absolute atomic E-state index is 14.5. The first-order valence-electron chi connectivity index (χ1n) is 10.8. The summed E-state index contributed by atoms with van der Waals surface area (Å²) in [5.74, 6) is -1.97. The number of nitrogens with zero attached hydrogens (tertiary/aromatic N) is 2. The lowest BCUT2D eigenvalue weighted by Crippen LogP contribution is -2.75. The minimum absolute atomic E-state index is 0.0371. The van der Waals surface area contributed by atoms with Crippen LogP contribution in [-0.2, 0) is 23.9 Å². The van der Waals surface area contributed by atoms with Crippen LogP contribution in [0.3, 0.4) is 0 Å². The first-order chi connectivity index (χ1) is 16.1. The summed E-state index contributed by atoms with van der Waals surface area (Å²) in [4.78, 5) is 45.0. The molecule has 2 aromatic rings. The molecule has 0 radical (unpaired) electrons. The minimum Gasteiger partial charge on any atom is -0.508 e. The number of ether oxygens (including phenoxy) is 2. The normalized spacial score (nSPS) is 29.5. The third kappa shape index (κ3) is 3.19. The molecular weight excluding hydrogens is 440 g/mol. The summed E-state index contributed by atoms with van der Waals surface area (Å²) in [7, 11) is 5.94. The molecule has 9 nitrogen and oxygen atoms in total. The van der Waals surface area contributed by atoms with E-state index in [4.69, 9.17) is 9.47 Å². The van der Waals surface area contributed by atoms with Crippen molar-refractivity contribution in [2.45, 2.75) is 12.1 Å². The van der Waals surface area contributed by atoms with Gasteiger partial charge in [-0.15, -0.1) is 0 Å². The number of ketones is 1. The van der Waals surface area contributed by atoms with E-state index in [1.165, 1.54) is 38.5 Å². The van der Waals surface area contributed by atoms with Crippen LogP contribution >= 0.6 is 0 Å². The van der Waals surface area contributed by atoms with Gasteiger partial charge in [0.05, 0.1) is 26.3 Å². The van der Waals surface area contributed by atoms with Crippen LogP contribution in [0.25, 0.3) is 0 Å². The predicted molar refractivity (Wildman–Crippen MR) is 121 cm³/mol. The largest absolute Gasteiger partial charge is 0.508 e. The Bertz CT molecular complexity index is 1030. The van der Waals surface area contributed by atoms with E-state index in [1.807, 2.05) is 4.90 Å². The Labute approximate surface area is 197 Å². The number of carbonyl (C=O) groups excluding carboxylic acids is 3. The van der Waals surface area contributed by atoms with Crippen molar-refractivity contribution in [1.82, 2.24) is 9.80 Å². The Morgan fingerprint density at radius 3 is 1.47 bits per heavy atom. The SMILES string of the molecule is COC(=O)C12CN(C)CC(C(=O)OC)(C1=O)C(c1ccc(O)cc1)N(C)C2c1ccc(O)cc1. The fourth-order valence-electron chi connectivity index (χ4n) is 5.97. The highest BCUT2D eigenvalue weighted by Gasteiger charge is 2.74. The van der Waals surface area contributed by atoms with Gasteiger partial charge in [0.1, 0.15) is 11.5 Å². The van der Waals surface area contributed by atoms with Crippen molar-refractivity contribution in [3.05, 3.63) is 59.7 Å².